The molecule has 0 bridgehead atoms. The SMILES string of the molecule is COc1ccc(C(Br)c2ccccc2)c(OC)c1. The van der Waals surface area contributed by atoms with Crippen LogP contribution in [-0.2, 0) is 0 Å². The third-order valence-electron chi connectivity index (χ3n) is 2.81. The zero-order chi connectivity index (χ0) is 13.0. The first-order valence-electron chi connectivity index (χ1n) is 5.67. The lowest BCUT2D eigenvalue weighted by atomic mass is 10.0. The number of rotatable bonds is 4. The van der Waals surface area contributed by atoms with Crippen LogP contribution in [0.25, 0.3) is 0 Å². The van der Waals surface area contributed by atoms with E-state index in [-0.39, 0.29) is 4.83 Å². The number of alkyl halides is 1. The summed E-state index contributed by atoms with van der Waals surface area (Å²) in [5.41, 5.74) is 2.28. The van der Waals surface area contributed by atoms with Crippen LogP contribution in [-0.4, -0.2) is 14.2 Å². The maximum atomic E-state index is 5.42. The number of benzene rings is 2. The molecule has 2 aromatic rings. The lowest BCUT2D eigenvalue weighted by Crippen LogP contribution is -1.97. The van der Waals surface area contributed by atoms with Gasteiger partial charge in [0.2, 0.25) is 0 Å². The van der Waals surface area contributed by atoms with Crippen LogP contribution in [0.3, 0.4) is 0 Å². The average molecular weight is 307 g/mol. The Morgan fingerprint density at radius 3 is 2.28 bits per heavy atom. The van der Waals surface area contributed by atoms with Crippen molar-refractivity contribution in [2.24, 2.45) is 0 Å². The minimum atomic E-state index is 0.111. The molecule has 0 aliphatic carbocycles. The summed E-state index contributed by atoms with van der Waals surface area (Å²) < 4.78 is 10.6. The van der Waals surface area contributed by atoms with Gasteiger partial charge in [-0.25, -0.2) is 0 Å². The van der Waals surface area contributed by atoms with Gasteiger partial charge in [-0.2, -0.15) is 0 Å². The molecule has 94 valence electrons. The van der Waals surface area contributed by atoms with E-state index in [9.17, 15) is 0 Å². The van der Waals surface area contributed by atoms with Crippen LogP contribution in [0.2, 0.25) is 0 Å². The molecule has 0 aliphatic rings. The van der Waals surface area contributed by atoms with Crippen molar-refractivity contribution in [1.82, 2.24) is 0 Å². The molecule has 0 spiro atoms. The number of halogens is 1. The highest BCUT2D eigenvalue weighted by Crippen LogP contribution is 2.38. The lowest BCUT2D eigenvalue weighted by Gasteiger charge is -2.15. The van der Waals surface area contributed by atoms with Crippen molar-refractivity contribution < 1.29 is 9.47 Å². The van der Waals surface area contributed by atoms with Crippen LogP contribution in [0.1, 0.15) is 16.0 Å². The van der Waals surface area contributed by atoms with Crippen molar-refractivity contribution in [3.8, 4) is 11.5 Å². The predicted octanol–water partition coefficient (Wildman–Crippen LogP) is 4.19. The fourth-order valence-corrected chi connectivity index (χ4v) is 2.51. The molecule has 0 saturated heterocycles. The van der Waals surface area contributed by atoms with Gasteiger partial charge in [0, 0.05) is 11.6 Å². The Balaban J connectivity index is 2.38. The first-order chi connectivity index (χ1) is 8.76. The monoisotopic (exact) mass is 306 g/mol. The minimum Gasteiger partial charge on any atom is -0.497 e. The molecule has 2 nitrogen and oxygen atoms in total. The molecule has 0 aromatic heterocycles. The maximum absolute atomic E-state index is 5.42. The highest BCUT2D eigenvalue weighted by Gasteiger charge is 2.15. The Labute approximate surface area is 116 Å². The Morgan fingerprint density at radius 1 is 0.944 bits per heavy atom. The van der Waals surface area contributed by atoms with E-state index in [0.717, 1.165) is 17.1 Å². The average Bonchev–Trinajstić information content (AvgIpc) is 2.46. The van der Waals surface area contributed by atoms with Gasteiger partial charge in [-0.3, -0.25) is 0 Å². The first-order valence-corrected chi connectivity index (χ1v) is 6.58. The van der Waals surface area contributed by atoms with E-state index in [1.54, 1.807) is 14.2 Å². The molecule has 1 atom stereocenters. The van der Waals surface area contributed by atoms with Gasteiger partial charge in [0.05, 0.1) is 19.0 Å². The van der Waals surface area contributed by atoms with Gasteiger partial charge < -0.3 is 9.47 Å². The van der Waals surface area contributed by atoms with E-state index < -0.39 is 0 Å². The molecule has 18 heavy (non-hydrogen) atoms. The molecule has 3 heteroatoms. The predicted molar refractivity (Wildman–Crippen MR) is 76.8 cm³/mol. The fraction of sp³-hybridized carbons (Fsp3) is 0.200. The minimum absolute atomic E-state index is 0.111. The number of hydrogen-bond donors (Lipinski definition) is 0. The number of ether oxygens (including phenoxy) is 2. The van der Waals surface area contributed by atoms with Crippen molar-refractivity contribution >= 4 is 15.9 Å². The van der Waals surface area contributed by atoms with Crippen LogP contribution in [0.5, 0.6) is 11.5 Å². The summed E-state index contributed by atoms with van der Waals surface area (Å²) in [4.78, 5) is 0.111. The molecule has 0 saturated carbocycles. The van der Waals surface area contributed by atoms with E-state index in [0.29, 0.717) is 0 Å². The molecule has 0 radical (unpaired) electrons. The van der Waals surface area contributed by atoms with Crippen LogP contribution in [0.4, 0.5) is 0 Å². The molecule has 0 amide bonds. The Hall–Kier alpha value is -1.48. The second kappa shape index (κ2) is 5.91. The first kappa shape index (κ1) is 13.0. The summed E-state index contributed by atoms with van der Waals surface area (Å²) in [5, 5.41) is 0. The van der Waals surface area contributed by atoms with E-state index in [1.165, 1.54) is 5.56 Å². The van der Waals surface area contributed by atoms with Gasteiger partial charge in [-0.05, 0) is 11.6 Å². The standard InChI is InChI=1S/C15H15BrO2/c1-17-12-8-9-13(14(10-12)18-2)15(16)11-6-4-3-5-7-11/h3-10,15H,1-2H3. The lowest BCUT2D eigenvalue weighted by molar-refractivity contribution is 0.391. The Kier molecular flexibility index (Phi) is 4.26. The summed E-state index contributed by atoms with van der Waals surface area (Å²) in [7, 11) is 3.32. The van der Waals surface area contributed by atoms with Crippen molar-refractivity contribution in [3.63, 3.8) is 0 Å². The number of methoxy groups -OCH3 is 2. The summed E-state index contributed by atoms with van der Waals surface area (Å²) >= 11 is 3.71. The van der Waals surface area contributed by atoms with E-state index in [4.69, 9.17) is 9.47 Å². The molecular formula is C15H15BrO2. The van der Waals surface area contributed by atoms with Crippen molar-refractivity contribution in [1.29, 1.82) is 0 Å². The van der Waals surface area contributed by atoms with Crippen molar-refractivity contribution in [3.05, 3.63) is 59.7 Å². The zero-order valence-electron chi connectivity index (χ0n) is 10.4. The number of hydrogen-bond acceptors (Lipinski definition) is 2. The molecule has 1 unspecified atom stereocenters. The smallest absolute Gasteiger partial charge is 0.127 e. The van der Waals surface area contributed by atoms with E-state index >= 15 is 0 Å². The highest BCUT2D eigenvalue weighted by molar-refractivity contribution is 9.09. The van der Waals surface area contributed by atoms with Crippen molar-refractivity contribution in [2.75, 3.05) is 14.2 Å². The fourth-order valence-electron chi connectivity index (χ4n) is 1.83. The molecule has 0 heterocycles. The van der Waals surface area contributed by atoms with E-state index in [2.05, 4.69) is 28.1 Å². The summed E-state index contributed by atoms with van der Waals surface area (Å²) in [6.45, 7) is 0. The molecule has 0 fully saturated rings. The van der Waals surface area contributed by atoms with Crippen LogP contribution >= 0.6 is 15.9 Å². The van der Waals surface area contributed by atoms with E-state index in [1.807, 2.05) is 36.4 Å². The molecule has 2 aromatic carbocycles. The topological polar surface area (TPSA) is 18.5 Å². The second-order valence-electron chi connectivity index (χ2n) is 3.88. The van der Waals surface area contributed by atoms with Crippen LogP contribution < -0.4 is 9.47 Å². The summed E-state index contributed by atoms with van der Waals surface area (Å²) in [5.74, 6) is 1.61. The third-order valence-corrected chi connectivity index (χ3v) is 3.83. The molecular weight excluding hydrogens is 292 g/mol. The van der Waals surface area contributed by atoms with Gasteiger partial charge in [-0.15, -0.1) is 0 Å². The third kappa shape index (κ3) is 2.67. The largest absolute Gasteiger partial charge is 0.497 e. The van der Waals surface area contributed by atoms with Gasteiger partial charge in [0.15, 0.2) is 0 Å². The van der Waals surface area contributed by atoms with Crippen LogP contribution in [0.15, 0.2) is 48.5 Å². The molecule has 0 aliphatic heterocycles. The Bertz CT molecular complexity index is 511. The van der Waals surface area contributed by atoms with Gasteiger partial charge in [0.1, 0.15) is 11.5 Å². The maximum Gasteiger partial charge on any atom is 0.127 e. The second-order valence-corrected chi connectivity index (χ2v) is 4.80. The quantitative estimate of drug-likeness (QED) is 0.789. The van der Waals surface area contributed by atoms with Gasteiger partial charge in [-0.1, -0.05) is 52.3 Å². The molecule has 0 N–H and O–H groups in total. The Morgan fingerprint density at radius 2 is 1.67 bits per heavy atom. The van der Waals surface area contributed by atoms with Crippen molar-refractivity contribution in [2.45, 2.75) is 4.83 Å². The highest BCUT2D eigenvalue weighted by atomic mass is 79.9. The summed E-state index contributed by atoms with van der Waals surface area (Å²) in [6.07, 6.45) is 0. The summed E-state index contributed by atoms with van der Waals surface area (Å²) in [6, 6.07) is 16.1. The molecule has 2 rings (SSSR count). The van der Waals surface area contributed by atoms with Gasteiger partial charge in [0.25, 0.3) is 0 Å². The van der Waals surface area contributed by atoms with Gasteiger partial charge >= 0.3 is 0 Å². The van der Waals surface area contributed by atoms with Crippen LogP contribution in [0, 0.1) is 0 Å². The zero-order valence-corrected chi connectivity index (χ0v) is 12.0. The normalized spacial score (nSPS) is 11.9.